The van der Waals surface area contributed by atoms with Crippen LogP contribution in [0, 0.1) is 13.8 Å². The number of pyridine rings is 1. The summed E-state index contributed by atoms with van der Waals surface area (Å²) < 4.78 is 2.27. The first-order valence-electron chi connectivity index (χ1n) is 11.0. The summed E-state index contributed by atoms with van der Waals surface area (Å²) in [7, 11) is 0. The van der Waals surface area contributed by atoms with Crippen molar-refractivity contribution in [1.29, 1.82) is 0 Å². The Morgan fingerprint density at radius 1 is 1.13 bits per heavy atom. The molecule has 3 heterocycles. The maximum absolute atomic E-state index is 5.59. The lowest BCUT2D eigenvalue weighted by atomic mass is 10.1. The molecule has 1 saturated heterocycles. The van der Waals surface area contributed by atoms with Crippen molar-refractivity contribution >= 4 is 17.0 Å². The highest BCUT2D eigenvalue weighted by molar-refractivity contribution is 5.82. The summed E-state index contributed by atoms with van der Waals surface area (Å²) in [6.45, 7) is 12.5. The minimum atomic E-state index is 0.412. The molecule has 3 aromatic rings. The van der Waals surface area contributed by atoms with Gasteiger partial charge in [-0.25, -0.2) is 4.98 Å². The summed E-state index contributed by atoms with van der Waals surface area (Å²) in [5.41, 5.74) is 11.1. The first kappa shape index (κ1) is 21.2. The standard InChI is InChI=1S/C24H33N7/c1-17-6-4-9-22-23(17)29-24(31(22)16-21-8-5-7-18(2)27-21)28-20-10-13-30(14-11-20)15-12-26-19(3)25/h4-9,20,26H,3,10-16,25H2,1-2H3,(H,28,29). The molecule has 0 unspecified atom stereocenters. The van der Waals surface area contributed by atoms with Gasteiger partial charge in [0.1, 0.15) is 0 Å². The largest absolute Gasteiger partial charge is 0.386 e. The van der Waals surface area contributed by atoms with Gasteiger partial charge < -0.3 is 25.8 Å². The molecule has 164 valence electrons. The number of nitrogens with two attached hydrogens (primary N) is 1. The zero-order valence-corrected chi connectivity index (χ0v) is 18.6. The third kappa shape index (κ3) is 5.17. The summed E-state index contributed by atoms with van der Waals surface area (Å²) in [6.07, 6.45) is 2.18. The third-order valence-electron chi connectivity index (χ3n) is 5.95. The topological polar surface area (TPSA) is 84.0 Å². The molecule has 1 fully saturated rings. The van der Waals surface area contributed by atoms with Gasteiger partial charge >= 0.3 is 0 Å². The highest BCUT2D eigenvalue weighted by Crippen LogP contribution is 2.25. The van der Waals surface area contributed by atoms with Crippen molar-refractivity contribution < 1.29 is 0 Å². The fraction of sp³-hybridized carbons (Fsp3) is 0.417. The number of hydrogen-bond acceptors (Lipinski definition) is 6. The predicted molar refractivity (Wildman–Crippen MR) is 127 cm³/mol. The van der Waals surface area contributed by atoms with Crippen LogP contribution in [0.5, 0.6) is 0 Å². The van der Waals surface area contributed by atoms with Crippen LogP contribution in [0.1, 0.15) is 29.8 Å². The minimum absolute atomic E-state index is 0.412. The van der Waals surface area contributed by atoms with E-state index in [-0.39, 0.29) is 0 Å². The number of benzene rings is 1. The zero-order valence-electron chi connectivity index (χ0n) is 18.6. The van der Waals surface area contributed by atoms with Gasteiger partial charge in [0.05, 0.1) is 29.1 Å². The van der Waals surface area contributed by atoms with Gasteiger partial charge in [-0.15, -0.1) is 0 Å². The van der Waals surface area contributed by atoms with Crippen molar-refractivity contribution in [2.45, 2.75) is 39.3 Å². The Kier molecular flexibility index (Phi) is 6.42. The summed E-state index contributed by atoms with van der Waals surface area (Å²) in [5.74, 6) is 1.47. The van der Waals surface area contributed by atoms with Crippen molar-refractivity contribution in [2.24, 2.45) is 5.73 Å². The van der Waals surface area contributed by atoms with Gasteiger partial charge in [0, 0.05) is 37.9 Å². The van der Waals surface area contributed by atoms with Crippen LogP contribution in [0.15, 0.2) is 48.8 Å². The molecule has 2 aromatic heterocycles. The van der Waals surface area contributed by atoms with Crippen LogP contribution in [0.3, 0.4) is 0 Å². The van der Waals surface area contributed by atoms with Crippen LogP contribution in [0.4, 0.5) is 5.95 Å². The van der Waals surface area contributed by atoms with E-state index in [9.17, 15) is 0 Å². The quantitative estimate of drug-likeness (QED) is 0.521. The molecule has 4 N–H and O–H groups in total. The molecule has 1 aromatic carbocycles. The third-order valence-corrected chi connectivity index (χ3v) is 5.95. The van der Waals surface area contributed by atoms with E-state index in [0.717, 1.165) is 67.4 Å². The highest BCUT2D eigenvalue weighted by atomic mass is 15.2. The number of nitrogens with zero attached hydrogens (tertiary/aromatic N) is 4. The van der Waals surface area contributed by atoms with Crippen molar-refractivity contribution in [2.75, 3.05) is 31.5 Å². The average molecular weight is 420 g/mol. The lowest BCUT2D eigenvalue weighted by Gasteiger charge is -2.32. The van der Waals surface area contributed by atoms with Crippen LogP contribution in [0.25, 0.3) is 11.0 Å². The summed E-state index contributed by atoms with van der Waals surface area (Å²) in [5, 5.41) is 6.85. The molecule has 7 nitrogen and oxygen atoms in total. The SMILES string of the molecule is C=C(N)NCCN1CCC(Nc2nc3c(C)cccc3n2Cc2cccc(C)n2)CC1. The normalized spacial score (nSPS) is 15.3. The smallest absolute Gasteiger partial charge is 0.204 e. The fourth-order valence-electron chi connectivity index (χ4n) is 4.26. The van der Waals surface area contributed by atoms with Gasteiger partial charge in [0.25, 0.3) is 0 Å². The van der Waals surface area contributed by atoms with Crippen molar-refractivity contribution in [1.82, 2.24) is 24.8 Å². The summed E-state index contributed by atoms with van der Waals surface area (Å²) in [4.78, 5) is 12.2. The monoisotopic (exact) mass is 419 g/mol. The van der Waals surface area contributed by atoms with Crippen LogP contribution < -0.4 is 16.4 Å². The molecule has 0 atom stereocenters. The first-order valence-corrected chi connectivity index (χ1v) is 11.0. The number of aromatic nitrogens is 3. The van der Waals surface area contributed by atoms with Gasteiger partial charge in [-0.3, -0.25) is 4.98 Å². The number of hydrogen-bond donors (Lipinski definition) is 3. The molecule has 7 heteroatoms. The van der Waals surface area contributed by atoms with Crippen molar-refractivity contribution in [3.05, 3.63) is 65.7 Å². The van der Waals surface area contributed by atoms with Gasteiger partial charge in [0.15, 0.2) is 0 Å². The summed E-state index contributed by atoms with van der Waals surface area (Å²) in [6, 6.07) is 13.0. The summed E-state index contributed by atoms with van der Waals surface area (Å²) >= 11 is 0. The number of fused-ring (bicyclic) bond motifs is 1. The number of likely N-dealkylation sites (tertiary alicyclic amines) is 1. The number of imidazole rings is 1. The van der Waals surface area contributed by atoms with Gasteiger partial charge in [-0.1, -0.05) is 24.8 Å². The molecular formula is C24H33N7. The molecule has 0 radical (unpaired) electrons. The lowest BCUT2D eigenvalue weighted by Crippen LogP contribution is -2.42. The average Bonchev–Trinajstić information content (AvgIpc) is 3.08. The van der Waals surface area contributed by atoms with E-state index < -0.39 is 0 Å². The van der Waals surface area contributed by atoms with E-state index >= 15 is 0 Å². The molecule has 0 aliphatic carbocycles. The van der Waals surface area contributed by atoms with E-state index in [1.165, 1.54) is 5.56 Å². The van der Waals surface area contributed by atoms with Gasteiger partial charge in [-0.05, 0) is 50.5 Å². The van der Waals surface area contributed by atoms with Gasteiger partial charge in [0.2, 0.25) is 5.95 Å². The second-order valence-electron chi connectivity index (χ2n) is 8.45. The minimum Gasteiger partial charge on any atom is -0.386 e. The highest BCUT2D eigenvalue weighted by Gasteiger charge is 2.21. The van der Waals surface area contributed by atoms with Crippen LogP contribution in [0.2, 0.25) is 0 Å². The molecule has 0 amide bonds. The van der Waals surface area contributed by atoms with E-state index in [1.54, 1.807) is 0 Å². The molecule has 1 aliphatic rings. The van der Waals surface area contributed by atoms with Crippen LogP contribution >= 0.6 is 0 Å². The molecular weight excluding hydrogens is 386 g/mol. The Balaban J connectivity index is 1.49. The molecule has 4 rings (SSSR count). The number of anilines is 1. The maximum atomic E-state index is 5.59. The van der Waals surface area contributed by atoms with Crippen molar-refractivity contribution in [3.8, 4) is 0 Å². The van der Waals surface area contributed by atoms with Gasteiger partial charge in [-0.2, -0.15) is 0 Å². The Morgan fingerprint density at radius 3 is 2.65 bits per heavy atom. The number of nitrogens with one attached hydrogen (secondary N) is 2. The molecule has 0 spiro atoms. The van der Waals surface area contributed by atoms with Crippen molar-refractivity contribution in [3.63, 3.8) is 0 Å². The number of rotatable bonds is 8. The van der Waals surface area contributed by atoms with E-state index in [1.807, 2.05) is 13.0 Å². The van der Waals surface area contributed by atoms with E-state index in [2.05, 4.69) is 63.9 Å². The Bertz CT molecular complexity index is 1050. The maximum Gasteiger partial charge on any atom is 0.204 e. The predicted octanol–water partition coefficient (Wildman–Crippen LogP) is 2.99. The van der Waals surface area contributed by atoms with Crippen LogP contribution in [-0.2, 0) is 6.54 Å². The number of para-hydroxylation sites is 1. The molecule has 0 saturated carbocycles. The Morgan fingerprint density at radius 2 is 1.90 bits per heavy atom. The Hall–Kier alpha value is -3.06. The second kappa shape index (κ2) is 9.39. The number of piperidine rings is 1. The fourth-order valence-corrected chi connectivity index (χ4v) is 4.26. The Labute approximate surface area is 184 Å². The zero-order chi connectivity index (χ0) is 21.8. The molecule has 31 heavy (non-hydrogen) atoms. The van der Waals surface area contributed by atoms with E-state index in [4.69, 9.17) is 15.7 Å². The molecule has 1 aliphatic heterocycles. The van der Waals surface area contributed by atoms with E-state index in [0.29, 0.717) is 18.4 Å². The first-order chi connectivity index (χ1) is 15.0. The van der Waals surface area contributed by atoms with Crippen LogP contribution in [-0.4, -0.2) is 51.7 Å². The second-order valence-corrected chi connectivity index (χ2v) is 8.45. The molecule has 0 bridgehead atoms. The lowest BCUT2D eigenvalue weighted by molar-refractivity contribution is 0.220. The number of aryl methyl sites for hydroxylation is 2.